The molecule has 0 fully saturated rings. The number of aryl methyl sites for hydroxylation is 1. The van der Waals surface area contributed by atoms with Crippen LogP contribution < -0.4 is 5.32 Å². The average molecular weight is 253 g/mol. The summed E-state index contributed by atoms with van der Waals surface area (Å²) in [6.45, 7) is 0.850. The second-order valence-corrected chi connectivity index (χ2v) is 3.85. The fourth-order valence-corrected chi connectivity index (χ4v) is 1.53. The minimum absolute atomic E-state index is 0.272. The van der Waals surface area contributed by atoms with Gasteiger partial charge in [0, 0.05) is 12.0 Å². The Morgan fingerprint density at radius 2 is 2.11 bits per heavy atom. The number of nitrogens with one attached hydrogen (secondary N) is 1. The third-order valence-electron chi connectivity index (χ3n) is 2.46. The molecule has 6 heteroatoms. The highest BCUT2D eigenvalue weighted by molar-refractivity contribution is 5.54. The Hall–Kier alpha value is -1.82. The maximum absolute atomic E-state index is 13.1. The predicted molar refractivity (Wildman–Crippen MR) is 61.9 cm³/mol. The molecule has 1 aromatic heterocycles. The van der Waals surface area contributed by atoms with Crippen LogP contribution in [0.5, 0.6) is 0 Å². The van der Waals surface area contributed by atoms with Crippen molar-refractivity contribution in [2.75, 3.05) is 13.6 Å². The van der Waals surface area contributed by atoms with Gasteiger partial charge in [0.2, 0.25) is 11.7 Å². The van der Waals surface area contributed by atoms with E-state index in [0.717, 1.165) is 25.1 Å². The molecule has 2 aromatic rings. The number of aromatic nitrogens is 2. The molecule has 96 valence electrons. The third kappa shape index (κ3) is 2.89. The summed E-state index contributed by atoms with van der Waals surface area (Å²) in [6, 6.07) is 3.51. The molecule has 0 saturated heterocycles. The summed E-state index contributed by atoms with van der Waals surface area (Å²) < 4.78 is 30.9. The summed E-state index contributed by atoms with van der Waals surface area (Å²) >= 11 is 0. The quantitative estimate of drug-likeness (QED) is 0.830. The monoisotopic (exact) mass is 253 g/mol. The van der Waals surface area contributed by atoms with Gasteiger partial charge in [-0.1, -0.05) is 5.16 Å². The van der Waals surface area contributed by atoms with E-state index < -0.39 is 11.6 Å². The number of halogens is 2. The van der Waals surface area contributed by atoms with Crippen molar-refractivity contribution in [1.29, 1.82) is 0 Å². The van der Waals surface area contributed by atoms with Crippen LogP contribution in [0.4, 0.5) is 8.78 Å². The van der Waals surface area contributed by atoms with E-state index in [0.29, 0.717) is 17.9 Å². The molecule has 0 spiro atoms. The molecular formula is C12H13F2N3O. The van der Waals surface area contributed by atoms with Gasteiger partial charge in [-0.15, -0.1) is 0 Å². The molecule has 0 amide bonds. The maximum atomic E-state index is 13.1. The lowest BCUT2D eigenvalue weighted by molar-refractivity contribution is 0.375. The van der Waals surface area contributed by atoms with E-state index >= 15 is 0 Å². The lowest BCUT2D eigenvalue weighted by Gasteiger charge is -1.95. The summed E-state index contributed by atoms with van der Waals surface area (Å²) in [7, 11) is 1.86. The van der Waals surface area contributed by atoms with Crippen LogP contribution in [0.15, 0.2) is 22.7 Å². The predicted octanol–water partition coefficient (Wildman–Crippen LogP) is 2.17. The summed E-state index contributed by atoms with van der Waals surface area (Å²) in [4.78, 5) is 4.13. The van der Waals surface area contributed by atoms with Gasteiger partial charge in [-0.3, -0.25) is 0 Å². The molecule has 1 aromatic carbocycles. The van der Waals surface area contributed by atoms with Crippen molar-refractivity contribution in [3.05, 3.63) is 35.7 Å². The van der Waals surface area contributed by atoms with E-state index in [2.05, 4.69) is 15.5 Å². The van der Waals surface area contributed by atoms with Gasteiger partial charge in [0.15, 0.2) is 11.6 Å². The Kier molecular flexibility index (Phi) is 3.99. The first-order valence-corrected chi connectivity index (χ1v) is 5.63. The van der Waals surface area contributed by atoms with Crippen LogP contribution in [0.3, 0.4) is 0 Å². The summed E-state index contributed by atoms with van der Waals surface area (Å²) in [5.41, 5.74) is 0.400. The van der Waals surface area contributed by atoms with Crippen LogP contribution in [0.25, 0.3) is 11.4 Å². The summed E-state index contributed by atoms with van der Waals surface area (Å²) in [5.74, 6) is -1.05. The fourth-order valence-electron chi connectivity index (χ4n) is 1.53. The van der Waals surface area contributed by atoms with Gasteiger partial charge in [0.1, 0.15) is 0 Å². The number of benzene rings is 1. The molecule has 0 unspecified atom stereocenters. The van der Waals surface area contributed by atoms with E-state index in [-0.39, 0.29) is 5.82 Å². The smallest absolute Gasteiger partial charge is 0.227 e. The topological polar surface area (TPSA) is 51.0 Å². The fraction of sp³-hybridized carbons (Fsp3) is 0.333. The maximum Gasteiger partial charge on any atom is 0.227 e. The van der Waals surface area contributed by atoms with Crippen molar-refractivity contribution in [2.24, 2.45) is 0 Å². The van der Waals surface area contributed by atoms with Gasteiger partial charge >= 0.3 is 0 Å². The van der Waals surface area contributed by atoms with Gasteiger partial charge in [-0.05, 0) is 38.2 Å². The lowest BCUT2D eigenvalue weighted by Crippen LogP contribution is -2.08. The zero-order valence-electron chi connectivity index (χ0n) is 9.91. The number of hydrogen-bond acceptors (Lipinski definition) is 4. The number of hydrogen-bond donors (Lipinski definition) is 1. The van der Waals surface area contributed by atoms with Crippen LogP contribution in [-0.4, -0.2) is 23.7 Å². The number of nitrogens with zero attached hydrogens (tertiary/aromatic N) is 2. The van der Waals surface area contributed by atoms with Crippen LogP contribution in [-0.2, 0) is 6.42 Å². The second-order valence-electron chi connectivity index (χ2n) is 3.85. The van der Waals surface area contributed by atoms with Crippen molar-refractivity contribution in [1.82, 2.24) is 15.5 Å². The molecule has 0 aliphatic rings. The largest absolute Gasteiger partial charge is 0.339 e. The first-order valence-electron chi connectivity index (χ1n) is 5.63. The molecule has 0 radical (unpaired) electrons. The van der Waals surface area contributed by atoms with E-state index in [9.17, 15) is 8.78 Å². The van der Waals surface area contributed by atoms with E-state index in [1.807, 2.05) is 7.05 Å². The van der Waals surface area contributed by atoms with Gasteiger partial charge in [0.05, 0.1) is 0 Å². The zero-order valence-corrected chi connectivity index (χ0v) is 9.91. The minimum Gasteiger partial charge on any atom is -0.339 e. The second kappa shape index (κ2) is 5.68. The number of rotatable bonds is 5. The molecule has 2 rings (SSSR count). The minimum atomic E-state index is -0.922. The van der Waals surface area contributed by atoms with Crippen molar-refractivity contribution in [3.8, 4) is 11.4 Å². The van der Waals surface area contributed by atoms with E-state index in [4.69, 9.17) is 4.52 Å². The van der Waals surface area contributed by atoms with Crippen LogP contribution in [0.2, 0.25) is 0 Å². The van der Waals surface area contributed by atoms with Gasteiger partial charge in [0.25, 0.3) is 0 Å². The highest BCUT2D eigenvalue weighted by Crippen LogP contribution is 2.18. The Bertz CT molecular complexity index is 528. The molecule has 18 heavy (non-hydrogen) atoms. The van der Waals surface area contributed by atoms with E-state index in [1.165, 1.54) is 6.07 Å². The molecule has 0 bridgehead atoms. The lowest BCUT2D eigenvalue weighted by atomic mass is 10.2. The van der Waals surface area contributed by atoms with Crippen LogP contribution >= 0.6 is 0 Å². The molecule has 0 aliphatic carbocycles. The molecule has 1 heterocycles. The SMILES string of the molecule is CNCCCc1nc(-c2ccc(F)c(F)c2)no1. The van der Waals surface area contributed by atoms with Crippen molar-refractivity contribution >= 4 is 0 Å². The summed E-state index contributed by atoms with van der Waals surface area (Å²) in [5, 5.41) is 6.75. The Morgan fingerprint density at radius 1 is 1.28 bits per heavy atom. The Labute approximate surface area is 103 Å². The molecule has 1 N–H and O–H groups in total. The van der Waals surface area contributed by atoms with Gasteiger partial charge < -0.3 is 9.84 Å². The molecule has 0 atom stereocenters. The van der Waals surface area contributed by atoms with Crippen molar-refractivity contribution < 1.29 is 13.3 Å². The van der Waals surface area contributed by atoms with E-state index in [1.54, 1.807) is 0 Å². The molecular weight excluding hydrogens is 240 g/mol. The highest BCUT2D eigenvalue weighted by atomic mass is 19.2. The van der Waals surface area contributed by atoms with Crippen LogP contribution in [0, 0.1) is 11.6 Å². The Balaban J connectivity index is 2.11. The average Bonchev–Trinajstić information content (AvgIpc) is 2.82. The molecule has 4 nitrogen and oxygen atoms in total. The zero-order chi connectivity index (χ0) is 13.0. The molecule has 0 aliphatic heterocycles. The Morgan fingerprint density at radius 3 is 2.83 bits per heavy atom. The normalized spacial score (nSPS) is 10.8. The molecule has 0 saturated carbocycles. The van der Waals surface area contributed by atoms with Gasteiger partial charge in [-0.25, -0.2) is 8.78 Å². The first kappa shape index (κ1) is 12.6. The third-order valence-corrected chi connectivity index (χ3v) is 2.46. The highest BCUT2D eigenvalue weighted by Gasteiger charge is 2.10. The van der Waals surface area contributed by atoms with Gasteiger partial charge in [-0.2, -0.15) is 4.98 Å². The summed E-state index contributed by atoms with van der Waals surface area (Å²) in [6.07, 6.45) is 1.52. The standard InChI is InChI=1S/C12H13F2N3O/c1-15-6-2-3-11-16-12(17-18-11)8-4-5-9(13)10(14)7-8/h4-5,7,15H,2-3,6H2,1H3. The van der Waals surface area contributed by atoms with Crippen LogP contribution in [0.1, 0.15) is 12.3 Å². The van der Waals surface area contributed by atoms with Crippen molar-refractivity contribution in [2.45, 2.75) is 12.8 Å². The van der Waals surface area contributed by atoms with Crippen molar-refractivity contribution in [3.63, 3.8) is 0 Å². The first-order chi connectivity index (χ1) is 8.70.